The maximum absolute atomic E-state index is 13.0. The number of phenols is 1. The summed E-state index contributed by atoms with van der Waals surface area (Å²) in [6.07, 6.45) is 0. The van der Waals surface area contributed by atoms with E-state index in [1.165, 1.54) is 18.2 Å². The first kappa shape index (κ1) is 29.8. The number of hydrogen-bond donors (Lipinski definition) is 5. The van der Waals surface area contributed by atoms with Gasteiger partial charge in [-0.1, -0.05) is 5.04 Å². The third-order valence-electron chi connectivity index (χ3n) is 6.64. The Morgan fingerprint density at radius 1 is 1.02 bits per heavy atom. The number of amides is 1. The lowest BCUT2D eigenvalue weighted by molar-refractivity contribution is -0.432. The first-order valence-corrected chi connectivity index (χ1v) is 14.8. The van der Waals surface area contributed by atoms with E-state index in [4.69, 9.17) is 9.81 Å². The van der Waals surface area contributed by atoms with Crippen LogP contribution >= 0.6 is 12.0 Å². The molecule has 1 aromatic heterocycles. The molecule has 0 saturated heterocycles. The first-order valence-electron chi connectivity index (χ1n) is 12.6. The van der Waals surface area contributed by atoms with E-state index in [-0.39, 0.29) is 11.4 Å². The lowest BCUT2D eigenvalue weighted by Crippen LogP contribution is -2.33. The molecule has 0 spiro atoms. The van der Waals surface area contributed by atoms with Gasteiger partial charge in [0.1, 0.15) is 11.6 Å². The maximum Gasteiger partial charge on any atom is 0.355 e. The second kappa shape index (κ2) is 11.7. The van der Waals surface area contributed by atoms with Crippen LogP contribution in [0.3, 0.4) is 0 Å². The van der Waals surface area contributed by atoms with Crippen molar-refractivity contribution in [3.8, 4) is 17.1 Å². The summed E-state index contributed by atoms with van der Waals surface area (Å²) in [5.74, 6) is -1.84. The number of carboxylic acid groups (broad SMARTS) is 1. The van der Waals surface area contributed by atoms with Gasteiger partial charge in [0, 0.05) is 21.2 Å². The molecule has 0 radical (unpaired) electrons. The van der Waals surface area contributed by atoms with Crippen LogP contribution in [0.1, 0.15) is 0 Å². The van der Waals surface area contributed by atoms with Gasteiger partial charge in [0.05, 0.1) is 39.3 Å². The number of imidazole rings is 1. The van der Waals surface area contributed by atoms with Gasteiger partial charge in [0.2, 0.25) is 6.04 Å². The highest BCUT2D eigenvalue weighted by Crippen LogP contribution is 2.36. The highest BCUT2D eigenvalue weighted by molar-refractivity contribution is 7.94. The molecular weight excluding hydrogens is 632 g/mol. The van der Waals surface area contributed by atoms with Gasteiger partial charge in [0.25, 0.3) is 16.0 Å². The number of azo groups is 1. The highest BCUT2D eigenvalue weighted by atomic mass is 32.2. The van der Waals surface area contributed by atoms with E-state index < -0.39 is 38.6 Å². The third-order valence-corrected chi connectivity index (χ3v) is 8.06. The fourth-order valence-corrected chi connectivity index (χ4v) is 5.49. The van der Waals surface area contributed by atoms with Crippen molar-refractivity contribution in [2.45, 2.75) is 15.8 Å². The predicted octanol–water partition coefficient (Wildman–Crippen LogP) is 4.70. The number of nitrogens with one attached hydrogen (secondary N) is 1. The van der Waals surface area contributed by atoms with Crippen LogP contribution in [-0.2, 0) is 29.1 Å². The van der Waals surface area contributed by atoms with Gasteiger partial charge in [-0.3, -0.25) is 9.35 Å². The molecule has 0 fully saturated rings. The number of hydrogen-bond acceptors (Lipinski definition) is 13. The van der Waals surface area contributed by atoms with E-state index in [9.17, 15) is 28.2 Å². The normalized spacial score (nSPS) is 15.4. The molecule has 1 atom stereocenters. The van der Waals surface area contributed by atoms with Crippen LogP contribution in [0.4, 0.5) is 11.4 Å². The monoisotopic (exact) mass is 650 g/mol. The number of benzene rings is 4. The number of aliphatic carboxylic acids is 1. The predicted molar refractivity (Wildman–Crippen MR) is 158 cm³/mol. The number of hydrazone groups is 1. The van der Waals surface area contributed by atoms with Crippen LogP contribution in [0.2, 0.25) is 0 Å². The largest absolute Gasteiger partial charge is 0.507 e. The topological polar surface area (TPSA) is 237 Å². The fourth-order valence-electron chi connectivity index (χ4n) is 4.57. The summed E-state index contributed by atoms with van der Waals surface area (Å²) in [7, 11) is -4.47. The average molecular weight is 651 g/mol. The molecule has 0 aliphatic carbocycles. The second-order valence-electron chi connectivity index (χ2n) is 9.38. The number of fused-ring (bicyclic) bond motifs is 3. The molecule has 1 amide bonds. The van der Waals surface area contributed by atoms with Gasteiger partial charge in [-0.05, 0) is 72.8 Å². The number of H-pyrrole nitrogens is 1. The lowest BCUT2D eigenvalue weighted by Gasteiger charge is -2.12. The highest BCUT2D eigenvalue weighted by Gasteiger charge is 2.41. The number of aromatic nitrogens is 2. The molecule has 1 unspecified atom stereocenters. The Labute approximate surface area is 256 Å². The summed E-state index contributed by atoms with van der Waals surface area (Å²) >= 11 is 0.701. The van der Waals surface area contributed by atoms with Crippen LogP contribution in [0.25, 0.3) is 33.2 Å². The number of aromatic hydroxyl groups is 1. The molecule has 18 heteroatoms. The quantitative estimate of drug-likeness (QED) is 0.0480. The molecule has 5 N–H and O–H groups in total. The van der Waals surface area contributed by atoms with Crippen molar-refractivity contribution < 1.29 is 47.4 Å². The number of carboxylic acids is 1. The van der Waals surface area contributed by atoms with E-state index >= 15 is 0 Å². The summed E-state index contributed by atoms with van der Waals surface area (Å²) in [6.45, 7) is 0. The number of phenolic OH excluding ortho intramolecular Hbond substituents is 1. The van der Waals surface area contributed by atoms with Crippen molar-refractivity contribution in [1.29, 1.82) is 0 Å². The fraction of sp³-hybridized carbons (Fsp3) is 0.0370. The number of rotatable bonds is 9. The molecule has 0 saturated carbocycles. The Bertz CT molecular complexity index is 2150. The van der Waals surface area contributed by atoms with Crippen LogP contribution in [0, 0.1) is 0 Å². The Morgan fingerprint density at radius 2 is 1.76 bits per heavy atom. The minimum atomic E-state index is -4.47. The Morgan fingerprint density at radius 3 is 2.42 bits per heavy atom. The van der Waals surface area contributed by atoms with Crippen molar-refractivity contribution in [3.63, 3.8) is 0 Å². The van der Waals surface area contributed by atoms with Crippen LogP contribution in [0.15, 0.2) is 97.9 Å². The van der Waals surface area contributed by atoms with Gasteiger partial charge >= 0.3 is 5.97 Å². The number of anilines is 1. The van der Waals surface area contributed by atoms with Gasteiger partial charge in [-0.2, -0.15) is 28.8 Å². The van der Waals surface area contributed by atoms with Crippen molar-refractivity contribution in [1.82, 2.24) is 9.97 Å². The Balaban J connectivity index is 1.24. The van der Waals surface area contributed by atoms with Crippen LogP contribution in [0.5, 0.6) is 5.75 Å². The molecule has 1 aliphatic rings. The number of carbonyl (C=O) groups excluding carboxylic acids is 1. The molecule has 0 bridgehead atoms. The maximum atomic E-state index is 13.0. The smallest absolute Gasteiger partial charge is 0.355 e. The van der Waals surface area contributed by atoms with Crippen LogP contribution in [-0.4, -0.2) is 62.0 Å². The Kier molecular flexibility index (Phi) is 7.74. The molecule has 6 rings (SSSR count). The summed E-state index contributed by atoms with van der Waals surface area (Å²) in [5, 5.41) is 45.9. The standard InChI is InChI=1S/C27H18N6O10S2/c34-21-12-16(44-43-42-38)11-19-18(21)9-10-20-22(19)29-25(28-20)13-1-3-14(4-2-13)30-31-23-24(27(36)37)32-33(26(23)35)15-5-7-17(8-6-15)45(39,40)41/h1-12,23,34,38H,(H,28,29)(H,36,37)(H,39,40,41)/b31-30+. The van der Waals surface area contributed by atoms with Crippen molar-refractivity contribution in [2.75, 3.05) is 5.01 Å². The zero-order valence-electron chi connectivity index (χ0n) is 22.3. The molecule has 16 nitrogen and oxygen atoms in total. The van der Waals surface area contributed by atoms with Gasteiger partial charge < -0.3 is 15.2 Å². The zero-order chi connectivity index (χ0) is 31.9. The minimum absolute atomic E-state index is 0.0145. The Hall–Kier alpha value is -5.24. The summed E-state index contributed by atoms with van der Waals surface area (Å²) in [6, 6.07) is 16.1. The number of nitrogens with zero attached hydrogens (tertiary/aromatic N) is 5. The van der Waals surface area contributed by atoms with E-state index in [1.54, 1.807) is 42.5 Å². The molecule has 228 valence electrons. The van der Waals surface area contributed by atoms with E-state index in [2.05, 4.69) is 34.7 Å². The van der Waals surface area contributed by atoms with Crippen molar-refractivity contribution in [2.24, 2.45) is 15.3 Å². The summed E-state index contributed by atoms with van der Waals surface area (Å²) < 4.78 is 36.2. The number of carbonyl (C=O) groups is 2. The van der Waals surface area contributed by atoms with Crippen molar-refractivity contribution in [3.05, 3.63) is 72.8 Å². The summed E-state index contributed by atoms with van der Waals surface area (Å²) in [5.41, 5.74) is 1.67. The third kappa shape index (κ3) is 5.83. The van der Waals surface area contributed by atoms with Gasteiger partial charge in [-0.25, -0.2) is 15.0 Å². The van der Waals surface area contributed by atoms with E-state index in [0.717, 1.165) is 17.1 Å². The molecule has 1 aliphatic heterocycles. The molecule has 2 heterocycles. The SMILES string of the molecule is O=C(O)C1=NN(c2ccc(S(=O)(=O)O)cc2)C(=O)C1/N=N/c1ccc(-c2nc3ccc4c(O)cc(SOOO)cc4c3[nH]2)cc1. The zero-order valence-corrected chi connectivity index (χ0v) is 23.9. The first-order chi connectivity index (χ1) is 21.5. The lowest BCUT2D eigenvalue weighted by atomic mass is 10.1. The second-order valence-corrected chi connectivity index (χ2v) is 11.6. The molecule has 5 aromatic rings. The molecule has 45 heavy (non-hydrogen) atoms. The average Bonchev–Trinajstić information content (AvgIpc) is 3.60. The van der Waals surface area contributed by atoms with Crippen molar-refractivity contribution >= 4 is 72.9 Å². The van der Waals surface area contributed by atoms with Crippen LogP contribution < -0.4 is 5.01 Å². The van der Waals surface area contributed by atoms with Gasteiger partial charge in [0.15, 0.2) is 5.71 Å². The van der Waals surface area contributed by atoms with E-state index in [0.29, 0.717) is 55.8 Å². The molecule has 4 aromatic carbocycles. The number of aromatic amines is 1. The minimum Gasteiger partial charge on any atom is -0.507 e. The van der Waals surface area contributed by atoms with Gasteiger partial charge in [-0.15, -0.1) is 4.33 Å². The summed E-state index contributed by atoms with van der Waals surface area (Å²) in [4.78, 5) is 32.7. The van der Waals surface area contributed by atoms with E-state index in [1.807, 2.05) is 0 Å². The molecular formula is C27H18N6O10S2.